The molecule has 178 valence electrons. The first-order valence-corrected chi connectivity index (χ1v) is 12.1. The SMILES string of the molecule is CC(C)C(=O)C[C@@H]1CCCN(c2ccc(-c3cc(-c4cnn(C)c4)cn4ncc(C#N)c34)cn2)C1. The van der Waals surface area contributed by atoms with E-state index in [1.165, 1.54) is 0 Å². The molecule has 0 spiro atoms. The van der Waals surface area contributed by atoms with Crippen LogP contribution in [-0.2, 0) is 11.8 Å². The van der Waals surface area contributed by atoms with E-state index in [1.807, 2.05) is 51.7 Å². The van der Waals surface area contributed by atoms with Crippen molar-refractivity contribution in [2.75, 3.05) is 18.0 Å². The molecule has 5 rings (SSSR count). The number of hydrogen-bond donors (Lipinski definition) is 0. The van der Waals surface area contributed by atoms with Crippen LogP contribution in [0.3, 0.4) is 0 Å². The predicted octanol–water partition coefficient (Wildman–Crippen LogP) is 4.50. The van der Waals surface area contributed by atoms with Crippen LogP contribution in [0.15, 0.2) is 49.2 Å². The highest BCUT2D eigenvalue weighted by Gasteiger charge is 2.24. The maximum absolute atomic E-state index is 12.3. The molecule has 4 aromatic rings. The molecule has 0 aliphatic carbocycles. The molecule has 1 atom stereocenters. The molecule has 1 aliphatic rings. The highest BCUT2D eigenvalue weighted by atomic mass is 16.1. The highest BCUT2D eigenvalue weighted by Crippen LogP contribution is 2.33. The molecular weight excluding hydrogens is 438 g/mol. The van der Waals surface area contributed by atoms with Crippen LogP contribution < -0.4 is 4.90 Å². The minimum atomic E-state index is 0.0869. The van der Waals surface area contributed by atoms with Crippen molar-refractivity contribution < 1.29 is 4.79 Å². The summed E-state index contributed by atoms with van der Waals surface area (Å²) in [5.74, 6) is 1.72. The minimum absolute atomic E-state index is 0.0869. The Morgan fingerprint density at radius 3 is 2.69 bits per heavy atom. The molecule has 0 saturated carbocycles. The molecular formula is C27H29N7O. The lowest BCUT2D eigenvalue weighted by Crippen LogP contribution is -2.37. The van der Waals surface area contributed by atoms with Crippen molar-refractivity contribution in [3.63, 3.8) is 0 Å². The number of rotatable bonds is 6. The topological polar surface area (TPSA) is 92.1 Å². The normalized spacial score (nSPS) is 16.1. The van der Waals surface area contributed by atoms with Crippen LogP contribution >= 0.6 is 0 Å². The van der Waals surface area contributed by atoms with Crippen LogP contribution in [0.4, 0.5) is 5.82 Å². The van der Waals surface area contributed by atoms with Gasteiger partial charge in [0.15, 0.2) is 0 Å². The fourth-order valence-electron chi connectivity index (χ4n) is 4.84. The number of Topliss-reactive ketones (excluding diaryl/α,β-unsaturated/α-hetero) is 1. The van der Waals surface area contributed by atoms with Gasteiger partial charge in [-0.1, -0.05) is 13.8 Å². The minimum Gasteiger partial charge on any atom is -0.356 e. The molecule has 0 radical (unpaired) electrons. The van der Waals surface area contributed by atoms with E-state index in [1.54, 1.807) is 15.4 Å². The second-order valence-electron chi connectivity index (χ2n) is 9.69. The summed E-state index contributed by atoms with van der Waals surface area (Å²) in [7, 11) is 1.89. The van der Waals surface area contributed by atoms with Crippen LogP contribution in [0, 0.1) is 23.2 Å². The number of anilines is 1. The average Bonchev–Trinajstić information content (AvgIpc) is 3.49. The third kappa shape index (κ3) is 4.54. The molecule has 8 heteroatoms. The molecule has 35 heavy (non-hydrogen) atoms. The van der Waals surface area contributed by atoms with Crippen molar-refractivity contribution in [2.24, 2.45) is 18.9 Å². The summed E-state index contributed by atoms with van der Waals surface area (Å²) in [5, 5.41) is 18.4. The molecule has 1 saturated heterocycles. The fraction of sp³-hybridized carbons (Fsp3) is 0.370. The number of fused-ring (bicyclic) bond motifs is 1. The number of carbonyl (C=O) groups is 1. The van der Waals surface area contributed by atoms with Gasteiger partial charge in [-0.3, -0.25) is 9.48 Å². The summed E-state index contributed by atoms with van der Waals surface area (Å²) in [6.07, 6.45) is 12.0. The molecule has 1 aliphatic heterocycles. The van der Waals surface area contributed by atoms with Crippen molar-refractivity contribution in [3.8, 4) is 28.3 Å². The van der Waals surface area contributed by atoms with E-state index in [0.717, 1.165) is 59.5 Å². The van der Waals surface area contributed by atoms with Crippen LogP contribution in [-0.4, -0.2) is 43.3 Å². The predicted molar refractivity (Wildman–Crippen MR) is 135 cm³/mol. The first-order valence-electron chi connectivity index (χ1n) is 12.1. The molecule has 1 fully saturated rings. The second-order valence-corrected chi connectivity index (χ2v) is 9.69. The van der Waals surface area contributed by atoms with Gasteiger partial charge >= 0.3 is 0 Å². The Bertz CT molecular complexity index is 1410. The summed E-state index contributed by atoms with van der Waals surface area (Å²) in [4.78, 5) is 19.3. The molecule has 8 nitrogen and oxygen atoms in total. The molecule has 0 bridgehead atoms. The first-order chi connectivity index (χ1) is 16.9. The van der Waals surface area contributed by atoms with E-state index >= 15 is 0 Å². The number of aromatic nitrogens is 5. The van der Waals surface area contributed by atoms with Gasteiger partial charge < -0.3 is 4.90 Å². The number of hydrogen-bond acceptors (Lipinski definition) is 6. The number of piperidine rings is 1. The lowest BCUT2D eigenvalue weighted by atomic mass is 9.90. The van der Waals surface area contributed by atoms with Gasteiger partial charge in [0.2, 0.25) is 0 Å². The van der Waals surface area contributed by atoms with Gasteiger partial charge in [-0.25, -0.2) is 9.50 Å². The van der Waals surface area contributed by atoms with Crippen molar-refractivity contribution >= 4 is 17.1 Å². The first kappa shape index (κ1) is 22.8. The number of nitriles is 1. The Labute approximate surface area is 204 Å². The smallest absolute Gasteiger partial charge is 0.135 e. The maximum Gasteiger partial charge on any atom is 0.135 e. The van der Waals surface area contributed by atoms with Gasteiger partial charge in [-0.15, -0.1) is 0 Å². The number of carbonyl (C=O) groups excluding carboxylic acids is 1. The fourth-order valence-corrected chi connectivity index (χ4v) is 4.84. The van der Waals surface area contributed by atoms with E-state index in [0.29, 0.717) is 23.7 Å². The zero-order valence-corrected chi connectivity index (χ0v) is 20.3. The second kappa shape index (κ2) is 9.34. The summed E-state index contributed by atoms with van der Waals surface area (Å²) >= 11 is 0. The zero-order valence-electron chi connectivity index (χ0n) is 20.3. The molecule has 0 N–H and O–H groups in total. The third-order valence-corrected chi connectivity index (χ3v) is 6.81. The number of nitrogens with zero attached hydrogens (tertiary/aromatic N) is 7. The van der Waals surface area contributed by atoms with Gasteiger partial charge in [0, 0.05) is 73.3 Å². The van der Waals surface area contributed by atoms with Crippen LogP contribution in [0.5, 0.6) is 0 Å². The van der Waals surface area contributed by atoms with E-state index in [-0.39, 0.29) is 5.92 Å². The summed E-state index contributed by atoms with van der Waals surface area (Å²) in [6, 6.07) is 8.42. The van der Waals surface area contributed by atoms with Crippen LogP contribution in [0.25, 0.3) is 27.8 Å². The molecule has 5 heterocycles. The van der Waals surface area contributed by atoms with Crippen LogP contribution in [0.2, 0.25) is 0 Å². The number of ketones is 1. The van der Waals surface area contributed by atoms with Crippen molar-refractivity contribution in [2.45, 2.75) is 33.1 Å². The lowest BCUT2D eigenvalue weighted by molar-refractivity contribution is -0.122. The number of aryl methyl sites for hydroxylation is 1. The van der Waals surface area contributed by atoms with E-state index < -0.39 is 0 Å². The summed E-state index contributed by atoms with van der Waals surface area (Å²) < 4.78 is 3.52. The van der Waals surface area contributed by atoms with E-state index in [4.69, 9.17) is 4.98 Å². The Kier molecular flexibility index (Phi) is 6.08. The third-order valence-electron chi connectivity index (χ3n) is 6.81. The molecule has 4 aromatic heterocycles. The van der Waals surface area contributed by atoms with Crippen molar-refractivity contribution in [1.82, 2.24) is 24.4 Å². The van der Waals surface area contributed by atoms with Gasteiger partial charge in [-0.05, 0) is 37.0 Å². The molecule has 0 aromatic carbocycles. The van der Waals surface area contributed by atoms with E-state index in [9.17, 15) is 10.1 Å². The average molecular weight is 468 g/mol. The van der Waals surface area contributed by atoms with Gasteiger partial charge in [0.1, 0.15) is 17.7 Å². The number of pyridine rings is 2. The van der Waals surface area contributed by atoms with Crippen molar-refractivity contribution in [3.05, 3.63) is 54.7 Å². The van der Waals surface area contributed by atoms with E-state index in [2.05, 4.69) is 33.3 Å². The lowest BCUT2D eigenvalue weighted by Gasteiger charge is -2.33. The Morgan fingerprint density at radius 2 is 2.00 bits per heavy atom. The Hall–Kier alpha value is -3.99. The Balaban J connectivity index is 1.46. The maximum atomic E-state index is 12.3. The largest absolute Gasteiger partial charge is 0.356 e. The van der Waals surface area contributed by atoms with Crippen molar-refractivity contribution in [1.29, 1.82) is 5.26 Å². The van der Waals surface area contributed by atoms with Gasteiger partial charge in [-0.2, -0.15) is 15.5 Å². The standard InChI is InChI=1S/C27H29N7O/c1-18(2)25(35)9-19-5-4-8-33(15-19)26-7-6-20(12-29-26)24-10-21(23-14-30-32(3)16-23)17-34-27(24)22(11-28)13-31-34/h6-7,10,12-14,16-19H,4-5,8-9,15H2,1-3H3/t19-/m0/s1. The zero-order chi connectivity index (χ0) is 24.5. The quantitative estimate of drug-likeness (QED) is 0.415. The molecule has 0 unspecified atom stereocenters. The summed E-state index contributed by atoms with van der Waals surface area (Å²) in [6.45, 7) is 5.75. The van der Waals surface area contributed by atoms with Gasteiger partial charge in [0.05, 0.1) is 23.5 Å². The molecule has 0 amide bonds. The van der Waals surface area contributed by atoms with Crippen LogP contribution in [0.1, 0.15) is 38.7 Å². The Morgan fingerprint density at radius 1 is 1.14 bits per heavy atom. The monoisotopic (exact) mass is 467 g/mol. The summed E-state index contributed by atoms with van der Waals surface area (Å²) in [5.41, 5.74) is 5.05. The highest BCUT2D eigenvalue weighted by molar-refractivity contribution is 5.87. The van der Waals surface area contributed by atoms with Gasteiger partial charge in [0.25, 0.3) is 0 Å².